The van der Waals surface area contributed by atoms with E-state index in [-0.39, 0.29) is 4.90 Å². The molecular formula is C13H12BrNO3S. The summed E-state index contributed by atoms with van der Waals surface area (Å²) in [4.78, 5) is 0.0619. The molecule has 0 heterocycles. The first-order valence-electron chi connectivity index (χ1n) is 5.43. The van der Waals surface area contributed by atoms with Crippen molar-refractivity contribution in [1.29, 1.82) is 0 Å². The number of ether oxygens (including phenoxy) is 1. The molecule has 2 N–H and O–H groups in total. The lowest BCUT2D eigenvalue weighted by molar-refractivity contribution is 0.481. The Morgan fingerprint density at radius 2 is 1.63 bits per heavy atom. The fourth-order valence-corrected chi connectivity index (χ4v) is 2.28. The molecule has 4 nitrogen and oxygen atoms in total. The van der Waals surface area contributed by atoms with Crippen LogP contribution >= 0.6 is 15.9 Å². The number of aryl methyl sites for hydroxylation is 1. The van der Waals surface area contributed by atoms with E-state index in [2.05, 4.69) is 15.9 Å². The Morgan fingerprint density at radius 3 is 2.16 bits per heavy atom. The van der Waals surface area contributed by atoms with Crippen LogP contribution in [-0.2, 0) is 10.0 Å². The van der Waals surface area contributed by atoms with Crippen molar-refractivity contribution in [3.63, 3.8) is 0 Å². The highest BCUT2D eigenvalue weighted by molar-refractivity contribution is 9.10. The van der Waals surface area contributed by atoms with E-state index in [9.17, 15) is 8.42 Å². The van der Waals surface area contributed by atoms with Crippen LogP contribution in [0.2, 0.25) is 0 Å². The van der Waals surface area contributed by atoms with E-state index in [4.69, 9.17) is 9.88 Å². The molecule has 0 bridgehead atoms. The summed E-state index contributed by atoms with van der Waals surface area (Å²) in [7, 11) is -3.67. The van der Waals surface area contributed by atoms with Gasteiger partial charge < -0.3 is 4.74 Å². The van der Waals surface area contributed by atoms with E-state index < -0.39 is 10.0 Å². The minimum atomic E-state index is -3.67. The van der Waals surface area contributed by atoms with Crippen molar-refractivity contribution >= 4 is 26.0 Å². The molecule has 2 rings (SSSR count). The van der Waals surface area contributed by atoms with Crippen molar-refractivity contribution in [2.24, 2.45) is 5.14 Å². The van der Waals surface area contributed by atoms with Gasteiger partial charge in [0.1, 0.15) is 11.5 Å². The zero-order valence-electron chi connectivity index (χ0n) is 10.1. The minimum Gasteiger partial charge on any atom is -0.457 e. The summed E-state index contributed by atoms with van der Waals surface area (Å²) < 4.78 is 28.9. The summed E-state index contributed by atoms with van der Waals surface area (Å²) >= 11 is 3.41. The quantitative estimate of drug-likeness (QED) is 0.931. The highest BCUT2D eigenvalue weighted by Crippen LogP contribution is 2.26. The summed E-state index contributed by atoms with van der Waals surface area (Å²) in [6, 6.07) is 11.6. The molecule has 0 saturated carbocycles. The molecule has 0 amide bonds. The summed E-state index contributed by atoms with van der Waals surface area (Å²) in [5.41, 5.74) is 1.05. The van der Waals surface area contributed by atoms with Crippen LogP contribution in [0.3, 0.4) is 0 Å². The van der Waals surface area contributed by atoms with Crippen molar-refractivity contribution in [1.82, 2.24) is 0 Å². The number of primary sulfonamides is 1. The van der Waals surface area contributed by atoms with Gasteiger partial charge >= 0.3 is 0 Å². The zero-order valence-corrected chi connectivity index (χ0v) is 12.5. The van der Waals surface area contributed by atoms with Crippen molar-refractivity contribution in [2.75, 3.05) is 0 Å². The summed E-state index contributed by atoms with van der Waals surface area (Å²) in [5.74, 6) is 1.23. The second-order valence-corrected chi connectivity index (χ2v) is 6.45. The maximum atomic E-state index is 11.1. The number of hydrogen-bond donors (Lipinski definition) is 1. The Hall–Kier alpha value is -1.37. The Labute approximate surface area is 120 Å². The monoisotopic (exact) mass is 341 g/mol. The standard InChI is InChI=1S/C13H12BrNO3S/c1-9-8-11(4-7-13(9)14)18-10-2-5-12(6-3-10)19(15,16)17/h2-8H,1H3,(H2,15,16,17). The number of hydrogen-bond acceptors (Lipinski definition) is 3. The highest BCUT2D eigenvalue weighted by Gasteiger charge is 2.07. The second kappa shape index (κ2) is 5.32. The lowest BCUT2D eigenvalue weighted by Crippen LogP contribution is -2.11. The predicted octanol–water partition coefficient (Wildman–Crippen LogP) is 3.20. The van der Waals surface area contributed by atoms with Gasteiger partial charge in [-0.1, -0.05) is 15.9 Å². The molecule has 19 heavy (non-hydrogen) atoms. The maximum absolute atomic E-state index is 11.1. The van der Waals surface area contributed by atoms with Gasteiger partial charge in [-0.2, -0.15) is 0 Å². The third-order valence-electron chi connectivity index (χ3n) is 2.52. The molecule has 0 atom stereocenters. The summed E-state index contributed by atoms with van der Waals surface area (Å²) in [5, 5.41) is 5.02. The number of benzene rings is 2. The van der Waals surface area contributed by atoms with E-state index in [1.54, 1.807) is 12.1 Å². The first-order valence-corrected chi connectivity index (χ1v) is 7.77. The van der Waals surface area contributed by atoms with E-state index in [0.717, 1.165) is 10.0 Å². The SMILES string of the molecule is Cc1cc(Oc2ccc(S(N)(=O)=O)cc2)ccc1Br. The van der Waals surface area contributed by atoms with Gasteiger partial charge in [0.05, 0.1) is 4.90 Å². The van der Waals surface area contributed by atoms with Crippen LogP contribution in [0.1, 0.15) is 5.56 Å². The van der Waals surface area contributed by atoms with Crippen molar-refractivity contribution in [3.05, 3.63) is 52.5 Å². The Kier molecular flexibility index (Phi) is 3.93. The lowest BCUT2D eigenvalue weighted by Gasteiger charge is -2.07. The highest BCUT2D eigenvalue weighted by atomic mass is 79.9. The summed E-state index contributed by atoms with van der Waals surface area (Å²) in [6.07, 6.45) is 0. The molecule has 6 heteroatoms. The maximum Gasteiger partial charge on any atom is 0.238 e. The van der Waals surface area contributed by atoms with Crippen LogP contribution in [-0.4, -0.2) is 8.42 Å². The molecule has 0 aliphatic carbocycles. The van der Waals surface area contributed by atoms with Crippen LogP contribution in [0.4, 0.5) is 0 Å². The molecule has 0 unspecified atom stereocenters. The van der Waals surface area contributed by atoms with E-state index in [1.165, 1.54) is 12.1 Å². The average molecular weight is 342 g/mol. The van der Waals surface area contributed by atoms with Gasteiger partial charge in [0, 0.05) is 4.47 Å². The zero-order chi connectivity index (χ0) is 14.0. The van der Waals surface area contributed by atoms with Crippen molar-refractivity contribution < 1.29 is 13.2 Å². The van der Waals surface area contributed by atoms with Crippen molar-refractivity contribution in [3.8, 4) is 11.5 Å². The Bertz CT molecular complexity index is 696. The van der Waals surface area contributed by atoms with Crippen LogP contribution in [0, 0.1) is 6.92 Å². The van der Waals surface area contributed by atoms with Gasteiger partial charge in [-0.3, -0.25) is 0 Å². The summed E-state index contributed by atoms with van der Waals surface area (Å²) in [6.45, 7) is 1.96. The van der Waals surface area contributed by atoms with E-state index in [0.29, 0.717) is 11.5 Å². The number of rotatable bonds is 3. The lowest BCUT2D eigenvalue weighted by atomic mass is 10.2. The topological polar surface area (TPSA) is 69.4 Å². The molecule has 0 spiro atoms. The predicted molar refractivity (Wildman–Crippen MR) is 76.8 cm³/mol. The second-order valence-electron chi connectivity index (χ2n) is 4.03. The largest absolute Gasteiger partial charge is 0.457 e. The Balaban J connectivity index is 2.22. The number of sulfonamides is 1. The molecule has 0 radical (unpaired) electrons. The first-order chi connectivity index (χ1) is 8.86. The number of nitrogens with two attached hydrogens (primary N) is 1. The normalized spacial score (nSPS) is 11.3. The van der Waals surface area contributed by atoms with Crippen LogP contribution in [0.5, 0.6) is 11.5 Å². The molecule has 0 aliphatic heterocycles. The third kappa shape index (κ3) is 3.56. The third-order valence-corrected chi connectivity index (χ3v) is 4.34. The molecule has 2 aromatic carbocycles. The molecule has 0 saturated heterocycles. The van der Waals surface area contributed by atoms with E-state index >= 15 is 0 Å². The molecular weight excluding hydrogens is 330 g/mol. The average Bonchev–Trinajstić information content (AvgIpc) is 2.33. The van der Waals surface area contributed by atoms with Crippen LogP contribution in [0.15, 0.2) is 51.8 Å². The number of halogens is 1. The minimum absolute atomic E-state index is 0.0619. The van der Waals surface area contributed by atoms with Gasteiger partial charge in [0.15, 0.2) is 0 Å². The van der Waals surface area contributed by atoms with Gasteiger partial charge in [-0.05, 0) is 55.0 Å². The van der Waals surface area contributed by atoms with Crippen molar-refractivity contribution in [2.45, 2.75) is 11.8 Å². The molecule has 0 fully saturated rings. The fraction of sp³-hybridized carbons (Fsp3) is 0.0769. The molecule has 2 aromatic rings. The van der Waals surface area contributed by atoms with Gasteiger partial charge in [0.25, 0.3) is 0 Å². The van der Waals surface area contributed by atoms with Gasteiger partial charge in [-0.25, -0.2) is 13.6 Å². The van der Waals surface area contributed by atoms with Crippen LogP contribution in [0.25, 0.3) is 0 Å². The van der Waals surface area contributed by atoms with Crippen LogP contribution < -0.4 is 9.88 Å². The van der Waals surface area contributed by atoms with Gasteiger partial charge in [-0.15, -0.1) is 0 Å². The molecule has 0 aromatic heterocycles. The fourth-order valence-electron chi connectivity index (χ4n) is 1.51. The molecule has 0 aliphatic rings. The first kappa shape index (κ1) is 14.0. The smallest absolute Gasteiger partial charge is 0.238 e. The van der Waals surface area contributed by atoms with Gasteiger partial charge in [0.2, 0.25) is 10.0 Å². The Morgan fingerprint density at radius 1 is 1.05 bits per heavy atom. The van der Waals surface area contributed by atoms with E-state index in [1.807, 2.05) is 25.1 Å². The molecule has 100 valence electrons.